The Bertz CT molecular complexity index is 696. The van der Waals surface area contributed by atoms with Crippen molar-refractivity contribution in [1.82, 2.24) is 9.55 Å². The predicted octanol–water partition coefficient (Wildman–Crippen LogP) is 4.67. The highest BCUT2D eigenvalue weighted by Gasteiger charge is 2.34. The largest absolute Gasteiger partial charge is 0.383 e. The lowest BCUT2D eigenvalue weighted by molar-refractivity contribution is 0.504. The zero-order chi connectivity index (χ0) is 15.4. The molecule has 2 N–H and O–H groups in total. The Balaban J connectivity index is 2.17. The van der Waals surface area contributed by atoms with E-state index in [0.29, 0.717) is 16.3 Å². The molecule has 0 atom stereocenters. The molecule has 1 heterocycles. The van der Waals surface area contributed by atoms with Crippen molar-refractivity contribution >= 4 is 21.7 Å². The van der Waals surface area contributed by atoms with E-state index in [-0.39, 0.29) is 11.2 Å². The van der Waals surface area contributed by atoms with Crippen LogP contribution in [0.25, 0.3) is 11.3 Å². The van der Waals surface area contributed by atoms with E-state index in [9.17, 15) is 4.39 Å². The molecule has 112 valence electrons. The van der Waals surface area contributed by atoms with Gasteiger partial charge >= 0.3 is 0 Å². The molecule has 1 saturated carbocycles. The van der Waals surface area contributed by atoms with E-state index in [1.165, 1.54) is 6.07 Å². The highest BCUT2D eigenvalue weighted by Crippen LogP contribution is 2.43. The smallest absolute Gasteiger partial charge is 0.137 e. The second-order valence-corrected chi connectivity index (χ2v) is 7.50. The summed E-state index contributed by atoms with van der Waals surface area (Å²) in [6.07, 6.45) is 2.30. The first kappa shape index (κ1) is 14.6. The zero-order valence-corrected chi connectivity index (χ0v) is 14.0. The number of hydrogen-bond donors (Lipinski definition) is 1. The number of halogens is 2. The average molecular weight is 352 g/mol. The van der Waals surface area contributed by atoms with Gasteiger partial charge in [0.2, 0.25) is 0 Å². The van der Waals surface area contributed by atoms with Crippen LogP contribution in [-0.2, 0) is 5.41 Å². The first-order valence-corrected chi connectivity index (χ1v) is 7.92. The summed E-state index contributed by atoms with van der Waals surface area (Å²) in [5.41, 5.74) is 7.86. The molecule has 5 heteroatoms. The fourth-order valence-electron chi connectivity index (χ4n) is 2.53. The van der Waals surface area contributed by atoms with Gasteiger partial charge in [0, 0.05) is 17.0 Å². The molecule has 1 aliphatic carbocycles. The van der Waals surface area contributed by atoms with Crippen LogP contribution in [0.1, 0.15) is 45.5 Å². The lowest BCUT2D eigenvalue weighted by Crippen LogP contribution is -2.19. The van der Waals surface area contributed by atoms with Gasteiger partial charge in [0.1, 0.15) is 23.2 Å². The third-order valence-corrected chi connectivity index (χ3v) is 4.33. The van der Waals surface area contributed by atoms with Crippen molar-refractivity contribution in [2.24, 2.45) is 0 Å². The third-order valence-electron chi connectivity index (χ3n) is 3.72. The molecule has 2 aromatic rings. The minimum Gasteiger partial charge on any atom is -0.383 e. The van der Waals surface area contributed by atoms with Crippen molar-refractivity contribution < 1.29 is 4.39 Å². The Morgan fingerprint density at radius 3 is 2.52 bits per heavy atom. The molecule has 3 nitrogen and oxygen atoms in total. The number of benzene rings is 1. The molecule has 0 aliphatic heterocycles. The van der Waals surface area contributed by atoms with Crippen LogP contribution in [0.15, 0.2) is 22.7 Å². The first-order valence-electron chi connectivity index (χ1n) is 7.12. The van der Waals surface area contributed by atoms with Gasteiger partial charge in [-0.05, 0) is 47.0 Å². The maximum absolute atomic E-state index is 13.4. The monoisotopic (exact) mass is 351 g/mol. The number of nitrogens with zero attached hydrogens (tertiary/aromatic N) is 2. The van der Waals surface area contributed by atoms with E-state index >= 15 is 0 Å². The molecule has 0 amide bonds. The van der Waals surface area contributed by atoms with Gasteiger partial charge in [0.15, 0.2) is 0 Å². The van der Waals surface area contributed by atoms with Gasteiger partial charge in [-0.25, -0.2) is 9.37 Å². The van der Waals surface area contributed by atoms with Crippen LogP contribution in [0.3, 0.4) is 0 Å². The Hall–Kier alpha value is -1.36. The highest BCUT2D eigenvalue weighted by atomic mass is 79.9. The van der Waals surface area contributed by atoms with Crippen LogP contribution in [-0.4, -0.2) is 9.55 Å². The van der Waals surface area contributed by atoms with Crippen molar-refractivity contribution in [1.29, 1.82) is 0 Å². The Morgan fingerprint density at radius 1 is 1.33 bits per heavy atom. The maximum atomic E-state index is 13.4. The number of anilines is 1. The van der Waals surface area contributed by atoms with Gasteiger partial charge in [-0.2, -0.15) is 0 Å². The predicted molar refractivity (Wildman–Crippen MR) is 86.7 cm³/mol. The van der Waals surface area contributed by atoms with Gasteiger partial charge in [-0.1, -0.05) is 20.8 Å². The molecule has 0 radical (unpaired) electrons. The lowest BCUT2D eigenvalue weighted by Gasteiger charge is -2.20. The molecule has 0 unspecified atom stereocenters. The van der Waals surface area contributed by atoms with Crippen LogP contribution < -0.4 is 5.73 Å². The van der Waals surface area contributed by atoms with Crippen molar-refractivity contribution in [2.45, 2.75) is 45.1 Å². The summed E-state index contributed by atoms with van der Waals surface area (Å²) in [6.45, 7) is 6.41. The maximum Gasteiger partial charge on any atom is 0.137 e. The van der Waals surface area contributed by atoms with Crippen molar-refractivity contribution in [3.05, 3.63) is 34.3 Å². The number of nitrogen functional groups attached to an aromatic ring is 1. The molecule has 0 bridgehead atoms. The van der Waals surface area contributed by atoms with E-state index in [2.05, 4.69) is 41.3 Å². The Labute approximate surface area is 132 Å². The molecule has 1 aromatic heterocycles. The second-order valence-electron chi connectivity index (χ2n) is 6.65. The SMILES string of the molecule is CC(C)(C)c1nc(-c2ccc(F)c(Br)c2)c(N)n1C1CC1. The molecule has 21 heavy (non-hydrogen) atoms. The minimum atomic E-state index is -0.282. The summed E-state index contributed by atoms with van der Waals surface area (Å²) in [6, 6.07) is 5.36. The van der Waals surface area contributed by atoms with E-state index in [1.807, 2.05) is 0 Å². The summed E-state index contributed by atoms with van der Waals surface area (Å²) in [5, 5.41) is 0. The van der Waals surface area contributed by atoms with E-state index in [0.717, 1.165) is 29.9 Å². The topological polar surface area (TPSA) is 43.8 Å². The van der Waals surface area contributed by atoms with E-state index in [1.54, 1.807) is 12.1 Å². The van der Waals surface area contributed by atoms with E-state index in [4.69, 9.17) is 10.7 Å². The van der Waals surface area contributed by atoms with Gasteiger partial charge in [-0.15, -0.1) is 0 Å². The number of imidazole rings is 1. The van der Waals surface area contributed by atoms with Crippen LogP contribution in [0, 0.1) is 5.82 Å². The summed E-state index contributed by atoms with van der Waals surface area (Å²) in [7, 11) is 0. The van der Waals surface area contributed by atoms with Gasteiger partial charge < -0.3 is 10.3 Å². The molecule has 1 fully saturated rings. The van der Waals surface area contributed by atoms with Crippen LogP contribution in [0.2, 0.25) is 0 Å². The molecule has 1 aliphatic rings. The van der Waals surface area contributed by atoms with Crippen molar-refractivity contribution in [3.8, 4) is 11.3 Å². The fourth-order valence-corrected chi connectivity index (χ4v) is 2.91. The summed E-state index contributed by atoms with van der Waals surface area (Å²) in [5.74, 6) is 1.40. The first-order chi connectivity index (χ1) is 9.79. The highest BCUT2D eigenvalue weighted by molar-refractivity contribution is 9.10. The molecular weight excluding hydrogens is 333 g/mol. The molecule has 0 saturated heterocycles. The summed E-state index contributed by atoms with van der Waals surface area (Å²) >= 11 is 3.22. The third kappa shape index (κ3) is 2.59. The van der Waals surface area contributed by atoms with Crippen LogP contribution in [0.5, 0.6) is 0 Å². The van der Waals surface area contributed by atoms with Gasteiger partial charge in [-0.3, -0.25) is 0 Å². The molecule has 1 aromatic carbocycles. The van der Waals surface area contributed by atoms with E-state index < -0.39 is 0 Å². The number of nitrogens with two attached hydrogens (primary N) is 1. The second kappa shape index (κ2) is 4.83. The quantitative estimate of drug-likeness (QED) is 0.854. The summed E-state index contributed by atoms with van der Waals surface area (Å²) in [4.78, 5) is 4.78. The van der Waals surface area contributed by atoms with Gasteiger partial charge in [0.05, 0.1) is 4.47 Å². The van der Waals surface area contributed by atoms with Crippen LogP contribution >= 0.6 is 15.9 Å². The molecular formula is C16H19BrFN3. The standard InChI is InChI=1S/C16H19BrFN3/c1-16(2,3)15-20-13(14(19)21(15)10-5-6-10)9-4-7-12(18)11(17)8-9/h4,7-8,10H,5-6,19H2,1-3H3. The lowest BCUT2D eigenvalue weighted by atomic mass is 9.95. The normalized spacial score (nSPS) is 15.5. The molecule has 3 rings (SSSR count). The minimum absolute atomic E-state index is 0.0772. The number of rotatable bonds is 2. The zero-order valence-electron chi connectivity index (χ0n) is 12.5. The average Bonchev–Trinajstić information content (AvgIpc) is 3.15. The van der Waals surface area contributed by atoms with Crippen molar-refractivity contribution in [3.63, 3.8) is 0 Å². The number of hydrogen-bond acceptors (Lipinski definition) is 2. The van der Waals surface area contributed by atoms with Crippen LogP contribution in [0.4, 0.5) is 10.2 Å². The fraction of sp³-hybridized carbons (Fsp3) is 0.438. The summed E-state index contributed by atoms with van der Waals surface area (Å²) < 4.78 is 16.0. The number of aromatic nitrogens is 2. The van der Waals surface area contributed by atoms with Crippen molar-refractivity contribution in [2.75, 3.05) is 5.73 Å². The molecule has 0 spiro atoms. The Morgan fingerprint density at radius 2 is 2.00 bits per heavy atom. The Kier molecular flexibility index (Phi) is 3.35. The van der Waals surface area contributed by atoms with Gasteiger partial charge in [0.25, 0.3) is 0 Å².